The fourth-order valence-corrected chi connectivity index (χ4v) is 2.97. The van der Waals surface area contributed by atoms with Gasteiger partial charge in [0.25, 0.3) is 0 Å². The first-order valence-corrected chi connectivity index (χ1v) is 7.68. The Kier molecular flexibility index (Phi) is 4.66. The number of carbonyl (C=O) groups is 3. The van der Waals surface area contributed by atoms with Crippen LogP contribution in [0.5, 0.6) is 0 Å². The molecule has 0 radical (unpaired) electrons. The van der Waals surface area contributed by atoms with E-state index in [0.717, 1.165) is 6.42 Å². The van der Waals surface area contributed by atoms with Crippen molar-refractivity contribution in [3.8, 4) is 0 Å². The molecule has 0 aromatic heterocycles. The van der Waals surface area contributed by atoms with Crippen LogP contribution in [0.15, 0.2) is 24.3 Å². The number of aliphatic carboxylic acids is 1. The van der Waals surface area contributed by atoms with Crippen LogP contribution in [0.25, 0.3) is 0 Å². The molecule has 0 spiro atoms. The van der Waals surface area contributed by atoms with E-state index in [4.69, 9.17) is 17.3 Å². The molecule has 1 aliphatic carbocycles. The van der Waals surface area contributed by atoms with Crippen molar-refractivity contribution in [2.24, 2.45) is 11.1 Å². The molecule has 0 saturated heterocycles. The summed E-state index contributed by atoms with van der Waals surface area (Å²) in [7, 11) is 0. The lowest BCUT2D eigenvalue weighted by Gasteiger charge is -2.38. The SMILES string of the molecule is CC(NC(=O)CC1(C(=O)O)CCC1)(C(N)=O)c1cccc(Cl)c1. The minimum atomic E-state index is -1.45. The summed E-state index contributed by atoms with van der Waals surface area (Å²) in [6.45, 7) is 1.48. The molecule has 4 N–H and O–H groups in total. The van der Waals surface area contributed by atoms with Gasteiger partial charge >= 0.3 is 5.97 Å². The summed E-state index contributed by atoms with van der Waals surface area (Å²) in [4.78, 5) is 35.6. The number of hydrogen-bond acceptors (Lipinski definition) is 3. The van der Waals surface area contributed by atoms with E-state index < -0.39 is 28.7 Å². The summed E-state index contributed by atoms with van der Waals surface area (Å²) in [5, 5.41) is 12.3. The lowest BCUT2D eigenvalue weighted by molar-refractivity contribution is -0.158. The number of nitrogens with two attached hydrogens (primary N) is 1. The first-order valence-electron chi connectivity index (χ1n) is 7.30. The van der Waals surface area contributed by atoms with Crippen LogP contribution in [0.2, 0.25) is 5.02 Å². The normalized spacial score (nSPS) is 18.3. The molecule has 23 heavy (non-hydrogen) atoms. The first-order chi connectivity index (χ1) is 10.7. The van der Waals surface area contributed by atoms with Crippen molar-refractivity contribution in [3.63, 3.8) is 0 Å². The van der Waals surface area contributed by atoms with E-state index in [-0.39, 0.29) is 6.42 Å². The minimum Gasteiger partial charge on any atom is -0.481 e. The predicted molar refractivity (Wildman–Crippen MR) is 84.7 cm³/mol. The molecule has 0 aliphatic heterocycles. The highest BCUT2D eigenvalue weighted by molar-refractivity contribution is 6.30. The summed E-state index contributed by atoms with van der Waals surface area (Å²) >= 11 is 5.93. The third-order valence-electron chi connectivity index (χ3n) is 4.55. The van der Waals surface area contributed by atoms with Crippen molar-refractivity contribution < 1.29 is 19.5 Å². The van der Waals surface area contributed by atoms with Gasteiger partial charge in [-0.3, -0.25) is 14.4 Å². The summed E-state index contributed by atoms with van der Waals surface area (Å²) < 4.78 is 0. The van der Waals surface area contributed by atoms with Gasteiger partial charge in [0.15, 0.2) is 0 Å². The number of amides is 2. The topological polar surface area (TPSA) is 109 Å². The van der Waals surface area contributed by atoms with Crippen molar-refractivity contribution in [2.75, 3.05) is 0 Å². The maximum absolute atomic E-state index is 12.3. The van der Waals surface area contributed by atoms with E-state index in [1.165, 1.54) is 6.92 Å². The van der Waals surface area contributed by atoms with Gasteiger partial charge in [-0.25, -0.2) is 0 Å². The van der Waals surface area contributed by atoms with Gasteiger partial charge in [-0.1, -0.05) is 30.2 Å². The molecular formula is C16H19ClN2O4. The molecule has 1 fully saturated rings. The number of benzene rings is 1. The summed E-state index contributed by atoms with van der Waals surface area (Å²) in [6.07, 6.45) is 1.52. The van der Waals surface area contributed by atoms with E-state index in [9.17, 15) is 19.5 Å². The predicted octanol–water partition coefficient (Wildman–Crippen LogP) is 1.80. The van der Waals surface area contributed by atoms with Crippen molar-refractivity contribution in [3.05, 3.63) is 34.9 Å². The molecule has 1 aromatic carbocycles. The molecule has 1 saturated carbocycles. The molecule has 0 bridgehead atoms. The van der Waals surface area contributed by atoms with E-state index in [1.807, 2.05) is 0 Å². The van der Waals surface area contributed by atoms with Crippen LogP contribution in [0, 0.1) is 5.41 Å². The zero-order chi connectivity index (χ0) is 17.3. The van der Waals surface area contributed by atoms with Crippen LogP contribution < -0.4 is 11.1 Å². The number of halogens is 1. The second kappa shape index (κ2) is 6.20. The van der Waals surface area contributed by atoms with Crippen LogP contribution in [0.1, 0.15) is 38.2 Å². The highest BCUT2D eigenvalue weighted by atomic mass is 35.5. The molecule has 124 valence electrons. The quantitative estimate of drug-likeness (QED) is 0.734. The standard InChI is InChI=1S/C16H19ClN2O4/c1-15(13(18)21,10-4-2-5-11(17)8-10)19-12(20)9-16(14(22)23)6-3-7-16/h2,4-5,8H,3,6-7,9H2,1H3,(H2,18,21)(H,19,20)(H,22,23). The van der Waals surface area contributed by atoms with Crippen LogP contribution in [0.3, 0.4) is 0 Å². The monoisotopic (exact) mass is 338 g/mol. The van der Waals surface area contributed by atoms with Crippen molar-refractivity contribution in [1.82, 2.24) is 5.32 Å². The molecule has 7 heteroatoms. The van der Waals surface area contributed by atoms with E-state index in [2.05, 4.69) is 5.32 Å². The number of carbonyl (C=O) groups excluding carboxylic acids is 2. The Morgan fingerprint density at radius 2 is 2.04 bits per heavy atom. The second-order valence-corrected chi connectivity index (χ2v) is 6.60. The molecule has 2 rings (SSSR count). The van der Waals surface area contributed by atoms with Gasteiger partial charge in [-0.15, -0.1) is 0 Å². The molecular weight excluding hydrogens is 320 g/mol. The largest absolute Gasteiger partial charge is 0.481 e. The van der Waals surface area contributed by atoms with Gasteiger partial charge in [0, 0.05) is 11.4 Å². The van der Waals surface area contributed by atoms with Crippen molar-refractivity contribution in [1.29, 1.82) is 0 Å². The van der Waals surface area contributed by atoms with E-state index >= 15 is 0 Å². The van der Waals surface area contributed by atoms with Gasteiger partial charge in [0.2, 0.25) is 11.8 Å². The molecule has 1 atom stereocenters. The maximum atomic E-state index is 12.3. The Morgan fingerprint density at radius 1 is 1.39 bits per heavy atom. The van der Waals surface area contributed by atoms with E-state index in [1.54, 1.807) is 24.3 Å². The number of primary amides is 1. The maximum Gasteiger partial charge on any atom is 0.310 e. The number of carboxylic acids is 1. The van der Waals surface area contributed by atoms with Gasteiger partial charge < -0.3 is 16.2 Å². The molecule has 2 amide bonds. The summed E-state index contributed by atoms with van der Waals surface area (Å²) in [5.41, 5.74) is 3.42. The Bertz CT molecular complexity index is 657. The zero-order valence-corrected chi connectivity index (χ0v) is 13.5. The third kappa shape index (κ3) is 3.32. The van der Waals surface area contributed by atoms with Gasteiger partial charge in [-0.05, 0) is 37.5 Å². The summed E-state index contributed by atoms with van der Waals surface area (Å²) in [6, 6.07) is 6.47. The Balaban J connectivity index is 2.21. The zero-order valence-electron chi connectivity index (χ0n) is 12.8. The van der Waals surface area contributed by atoms with Crippen LogP contribution >= 0.6 is 11.6 Å². The molecule has 6 nitrogen and oxygen atoms in total. The highest BCUT2D eigenvalue weighted by Crippen LogP contribution is 2.44. The number of hydrogen-bond donors (Lipinski definition) is 3. The Labute approximate surface area is 139 Å². The lowest BCUT2D eigenvalue weighted by Crippen LogP contribution is -2.54. The van der Waals surface area contributed by atoms with Crippen LogP contribution in [-0.2, 0) is 19.9 Å². The van der Waals surface area contributed by atoms with Gasteiger partial charge in [0.1, 0.15) is 5.54 Å². The number of carboxylic acid groups (broad SMARTS) is 1. The molecule has 1 aromatic rings. The Hall–Kier alpha value is -2.08. The fraction of sp³-hybridized carbons (Fsp3) is 0.438. The van der Waals surface area contributed by atoms with Crippen LogP contribution in [0.4, 0.5) is 0 Å². The average molecular weight is 339 g/mol. The smallest absolute Gasteiger partial charge is 0.310 e. The third-order valence-corrected chi connectivity index (χ3v) is 4.78. The number of rotatable bonds is 6. The highest BCUT2D eigenvalue weighted by Gasteiger charge is 2.47. The summed E-state index contributed by atoms with van der Waals surface area (Å²) in [5.74, 6) is -2.25. The molecule has 1 unspecified atom stereocenters. The Morgan fingerprint density at radius 3 is 2.48 bits per heavy atom. The van der Waals surface area contributed by atoms with Gasteiger partial charge in [-0.2, -0.15) is 0 Å². The minimum absolute atomic E-state index is 0.175. The molecule has 1 aliphatic rings. The van der Waals surface area contributed by atoms with E-state index in [0.29, 0.717) is 23.4 Å². The van der Waals surface area contributed by atoms with Crippen molar-refractivity contribution in [2.45, 2.75) is 38.1 Å². The van der Waals surface area contributed by atoms with Gasteiger partial charge in [0.05, 0.1) is 5.41 Å². The molecule has 0 heterocycles. The lowest BCUT2D eigenvalue weighted by atomic mass is 9.66. The number of nitrogens with one attached hydrogen (secondary N) is 1. The first kappa shape index (κ1) is 17.3. The van der Waals surface area contributed by atoms with Crippen LogP contribution in [-0.4, -0.2) is 22.9 Å². The average Bonchev–Trinajstić information content (AvgIpc) is 2.42. The fourth-order valence-electron chi connectivity index (χ4n) is 2.78. The van der Waals surface area contributed by atoms with Crippen molar-refractivity contribution >= 4 is 29.4 Å². The second-order valence-electron chi connectivity index (χ2n) is 6.16.